The molecule has 2 heterocycles. The molecule has 0 aliphatic rings. The molecule has 2 aromatic heterocycles. The number of para-hydroxylation sites is 1. The van der Waals surface area contributed by atoms with Crippen LogP contribution in [0.2, 0.25) is 0 Å². The lowest BCUT2D eigenvalue weighted by Gasteiger charge is -2.06. The van der Waals surface area contributed by atoms with Crippen molar-refractivity contribution in [1.29, 1.82) is 0 Å². The summed E-state index contributed by atoms with van der Waals surface area (Å²) in [5.74, 6) is 1.47. The van der Waals surface area contributed by atoms with Gasteiger partial charge >= 0.3 is 0 Å². The van der Waals surface area contributed by atoms with E-state index in [1.807, 2.05) is 18.2 Å². The summed E-state index contributed by atoms with van der Waals surface area (Å²) in [4.78, 5) is 12.8. The van der Waals surface area contributed by atoms with Crippen molar-refractivity contribution < 1.29 is 0 Å². The van der Waals surface area contributed by atoms with E-state index in [1.165, 1.54) is 0 Å². The topological polar surface area (TPSA) is 50.7 Å². The molecule has 1 aromatic carbocycles. The van der Waals surface area contributed by atoms with Crippen molar-refractivity contribution in [2.75, 3.05) is 5.32 Å². The van der Waals surface area contributed by atoms with Gasteiger partial charge in [0.1, 0.15) is 11.6 Å². The summed E-state index contributed by atoms with van der Waals surface area (Å²) in [6, 6.07) is 10.1. The maximum absolute atomic E-state index is 4.59. The lowest BCUT2D eigenvalue weighted by molar-refractivity contribution is 1.19. The second kappa shape index (κ2) is 4.41. The highest BCUT2D eigenvalue weighted by Gasteiger charge is 2.01. The van der Waals surface area contributed by atoms with Crippen LogP contribution in [0.3, 0.4) is 0 Å². The summed E-state index contributed by atoms with van der Waals surface area (Å²) in [7, 11) is 0. The van der Waals surface area contributed by atoms with Gasteiger partial charge in [0.05, 0.1) is 11.7 Å². The van der Waals surface area contributed by atoms with E-state index in [0.717, 1.165) is 22.3 Å². The van der Waals surface area contributed by atoms with Crippen LogP contribution >= 0.6 is 0 Å². The number of anilines is 2. The second-order valence-corrected chi connectivity index (χ2v) is 4.06. The Morgan fingerprint density at radius 1 is 1.00 bits per heavy atom. The predicted octanol–water partition coefficient (Wildman–Crippen LogP) is 3.08. The minimum absolute atomic E-state index is 0.693. The van der Waals surface area contributed by atoms with E-state index in [2.05, 4.69) is 39.3 Å². The standard InChI is InChI=1S/C14H12N4/c1-10-3-2-4-11-5-6-12(18-14(10)11)17-13-9-15-7-8-16-13/h2-9H,1H3,(H,16,17,18). The van der Waals surface area contributed by atoms with Gasteiger partial charge in [0.25, 0.3) is 0 Å². The van der Waals surface area contributed by atoms with Crippen LogP contribution in [0.15, 0.2) is 48.9 Å². The Kier molecular flexibility index (Phi) is 2.61. The SMILES string of the molecule is Cc1cccc2ccc(Nc3cnccn3)nc12. The molecule has 0 fully saturated rings. The molecule has 0 aliphatic heterocycles. The van der Waals surface area contributed by atoms with Gasteiger partial charge in [0.15, 0.2) is 0 Å². The molecule has 0 atom stereocenters. The number of fused-ring (bicyclic) bond motifs is 1. The normalized spacial score (nSPS) is 10.5. The van der Waals surface area contributed by atoms with Gasteiger partial charge in [0.2, 0.25) is 0 Å². The fourth-order valence-electron chi connectivity index (χ4n) is 1.86. The van der Waals surface area contributed by atoms with E-state index in [0.29, 0.717) is 5.82 Å². The zero-order valence-electron chi connectivity index (χ0n) is 9.96. The van der Waals surface area contributed by atoms with Gasteiger partial charge < -0.3 is 5.32 Å². The molecule has 88 valence electrons. The Balaban J connectivity index is 2.01. The smallest absolute Gasteiger partial charge is 0.150 e. The third-order valence-electron chi connectivity index (χ3n) is 2.74. The molecule has 1 N–H and O–H groups in total. The average molecular weight is 236 g/mol. The highest BCUT2D eigenvalue weighted by molar-refractivity contribution is 5.83. The van der Waals surface area contributed by atoms with Crippen LogP contribution < -0.4 is 5.32 Å². The van der Waals surface area contributed by atoms with Gasteiger partial charge in [-0.2, -0.15) is 0 Å². The van der Waals surface area contributed by atoms with Crippen molar-refractivity contribution in [3.63, 3.8) is 0 Å². The zero-order valence-corrected chi connectivity index (χ0v) is 9.96. The number of hydrogen-bond acceptors (Lipinski definition) is 4. The third kappa shape index (κ3) is 2.00. The summed E-state index contributed by atoms with van der Waals surface area (Å²) in [5.41, 5.74) is 2.17. The van der Waals surface area contributed by atoms with Gasteiger partial charge in [-0.05, 0) is 24.6 Å². The van der Waals surface area contributed by atoms with E-state index in [1.54, 1.807) is 18.6 Å². The Labute approximate surface area is 105 Å². The summed E-state index contributed by atoms with van der Waals surface area (Å²) < 4.78 is 0. The van der Waals surface area contributed by atoms with Crippen LogP contribution in [0.1, 0.15) is 5.56 Å². The van der Waals surface area contributed by atoms with Crippen molar-refractivity contribution in [1.82, 2.24) is 15.0 Å². The minimum atomic E-state index is 0.693. The molecule has 0 saturated carbocycles. The molecule has 4 nitrogen and oxygen atoms in total. The van der Waals surface area contributed by atoms with Gasteiger partial charge in [-0.25, -0.2) is 9.97 Å². The summed E-state index contributed by atoms with van der Waals surface area (Å²) >= 11 is 0. The number of benzene rings is 1. The number of pyridine rings is 1. The highest BCUT2D eigenvalue weighted by Crippen LogP contribution is 2.19. The van der Waals surface area contributed by atoms with Crippen molar-refractivity contribution in [3.05, 3.63) is 54.5 Å². The van der Waals surface area contributed by atoms with Gasteiger partial charge in [-0.15, -0.1) is 0 Å². The molecule has 0 spiro atoms. The Bertz CT molecular complexity index is 680. The number of rotatable bonds is 2. The maximum atomic E-state index is 4.59. The number of aromatic nitrogens is 3. The molecule has 3 rings (SSSR count). The molecule has 0 aliphatic carbocycles. The fraction of sp³-hybridized carbons (Fsp3) is 0.0714. The minimum Gasteiger partial charge on any atom is -0.324 e. The molecule has 0 radical (unpaired) electrons. The highest BCUT2D eigenvalue weighted by atomic mass is 15.1. The van der Waals surface area contributed by atoms with E-state index < -0.39 is 0 Å². The first-order valence-corrected chi connectivity index (χ1v) is 5.72. The first-order chi connectivity index (χ1) is 8.83. The monoisotopic (exact) mass is 236 g/mol. The van der Waals surface area contributed by atoms with Crippen LogP contribution in [0, 0.1) is 6.92 Å². The molecule has 18 heavy (non-hydrogen) atoms. The third-order valence-corrected chi connectivity index (χ3v) is 2.74. The summed E-state index contributed by atoms with van der Waals surface area (Å²) in [5, 5.41) is 4.28. The quantitative estimate of drug-likeness (QED) is 0.742. The summed E-state index contributed by atoms with van der Waals surface area (Å²) in [6.07, 6.45) is 4.96. The molecular weight excluding hydrogens is 224 g/mol. The van der Waals surface area contributed by atoms with Crippen LogP contribution in [0.25, 0.3) is 10.9 Å². The Morgan fingerprint density at radius 2 is 1.94 bits per heavy atom. The van der Waals surface area contributed by atoms with Crippen LogP contribution in [0.4, 0.5) is 11.6 Å². The van der Waals surface area contributed by atoms with E-state index in [9.17, 15) is 0 Å². The van der Waals surface area contributed by atoms with Crippen molar-refractivity contribution in [3.8, 4) is 0 Å². The largest absolute Gasteiger partial charge is 0.324 e. The molecule has 0 saturated heterocycles. The predicted molar refractivity (Wildman–Crippen MR) is 71.8 cm³/mol. The molecule has 0 bridgehead atoms. The van der Waals surface area contributed by atoms with Crippen LogP contribution in [-0.2, 0) is 0 Å². The lowest BCUT2D eigenvalue weighted by Crippen LogP contribution is -1.96. The second-order valence-electron chi connectivity index (χ2n) is 4.06. The van der Waals surface area contributed by atoms with E-state index in [-0.39, 0.29) is 0 Å². The van der Waals surface area contributed by atoms with Crippen molar-refractivity contribution in [2.24, 2.45) is 0 Å². The molecule has 0 amide bonds. The van der Waals surface area contributed by atoms with Gasteiger partial charge in [-0.3, -0.25) is 4.98 Å². The molecular formula is C14H12N4. The fourth-order valence-corrected chi connectivity index (χ4v) is 1.86. The first-order valence-electron chi connectivity index (χ1n) is 5.72. The first kappa shape index (κ1) is 10.7. The number of nitrogens with zero attached hydrogens (tertiary/aromatic N) is 3. The number of aryl methyl sites for hydroxylation is 1. The van der Waals surface area contributed by atoms with E-state index >= 15 is 0 Å². The molecule has 3 aromatic rings. The molecule has 0 unspecified atom stereocenters. The van der Waals surface area contributed by atoms with Crippen molar-refractivity contribution >= 4 is 22.5 Å². The van der Waals surface area contributed by atoms with Crippen molar-refractivity contribution in [2.45, 2.75) is 6.92 Å². The molecule has 4 heteroatoms. The van der Waals surface area contributed by atoms with Gasteiger partial charge in [-0.1, -0.05) is 18.2 Å². The Morgan fingerprint density at radius 3 is 2.78 bits per heavy atom. The van der Waals surface area contributed by atoms with Gasteiger partial charge in [0, 0.05) is 17.8 Å². The maximum Gasteiger partial charge on any atom is 0.150 e. The van der Waals surface area contributed by atoms with Crippen LogP contribution in [0.5, 0.6) is 0 Å². The average Bonchev–Trinajstić information content (AvgIpc) is 2.41. The van der Waals surface area contributed by atoms with E-state index in [4.69, 9.17) is 0 Å². The Hall–Kier alpha value is -2.49. The summed E-state index contributed by atoms with van der Waals surface area (Å²) in [6.45, 7) is 2.06. The number of nitrogens with one attached hydrogen (secondary N) is 1. The lowest BCUT2D eigenvalue weighted by atomic mass is 10.1. The van der Waals surface area contributed by atoms with Crippen LogP contribution in [-0.4, -0.2) is 15.0 Å². The zero-order chi connectivity index (χ0) is 12.4. The number of hydrogen-bond donors (Lipinski definition) is 1.